The first-order chi connectivity index (χ1) is 22.2. The summed E-state index contributed by atoms with van der Waals surface area (Å²) < 4.78 is 51.2. The molecular weight excluding hydrogens is 607 g/mol. The Labute approximate surface area is 267 Å². The van der Waals surface area contributed by atoms with Crippen LogP contribution in [0.15, 0.2) is 67.8 Å². The van der Waals surface area contributed by atoms with Crippen molar-refractivity contribution in [2.75, 3.05) is 52.9 Å². The van der Waals surface area contributed by atoms with E-state index in [9.17, 15) is 29.0 Å². The first kappa shape index (κ1) is 37.9. The lowest BCUT2D eigenvalue weighted by Crippen LogP contribution is -2.23. The Balaban J connectivity index is 1.60. The Kier molecular flexibility index (Phi) is 18.3. The molecule has 0 aromatic heterocycles. The van der Waals surface area contributed by atoms with E-state index in [1.54, 1.807) is 12.1 Å². The molecule has 2 atom stereocenters. The van der Waals surface area contributed by atoms with Gasteiger partial charge in [-0.1, -0.05) is 13.2 Å². The van der Waals surface area contributed by atoms with E-state index in [0.29, 0.717) is 51.3 Å². The third-order valence-corrected chi connectivity index (χ3v) is 5.89. The molecule has 0 aliphatic rings. The van der Waals surface area contributed by atoms with Crippen LogP contribution in [-0.4, -0.2) is 93.2 Å². The van der Waals surface area contributed by atoms with Crippen LogP contribution in [0.25, 0.3) is 0 Å². The monoisotopic (exact) mass is 648 g/mol. The molecule has 0 aliphatic heterocycles. The Bertz CT molecular complexity index is 1230. The highest BCUT2D eigenvalue weighted by Crippen LogP contribution is 2.22. The summed E-state index contributed by atoms with van der Waals surface area (Å²) in [6, 6.07) is 10.2. The van der Waals surface area contributed by atoms with E-state index in [-0.39, 0.29) is 50.1 Å². The fourth-order valence-corrected chi connectivity index (χ4v) is 3.52. The standard InChI is InChI=1S/C33H41FO12/c1-3-31(37)44-22-24(35)20-40-15-5-7-17-42-26-9-11-27(12-10-26)46-33(39)29-14-13-28(19-30(29)34)43-18-8-6-16-41-21-25(36)23-45-32(38)4-2/h3-4,9-14,19,24-25,35-36H,1-2,5-8,15-18,20-23H2. The van der Waals surface area contributed by atoms with E-state index in [1.807, 2.05) is 0 Å². The van der Waals surface area contributed by atoms with Crippen LogP contribution in [0.1, 0.15) is 36.0 Å². The normalized spacial score (nSPS) is 12.0. The topological polar surface area (TPSA) is 156 Å². The van der Waals surface area contributed by atoms with Crippen LogP contribution in [0, 0.1) is 5.82 Å². The quantitative estimate of drug-likeness (QED) is 0.0740. The van der Waals surface area contributed by atoms with Gasteiger partial charge in [0.1, 0.15) is 48.5 Å². The predicted molar refractivity (Wildman–Crippen MR) is 163 cm³/mol. The first-order valence-corrected chi connectivity index (χ1v) is 14.7. The van der Waals surface area contributed by atoms with Crippen LogP contribution in [0.4, 0.5) is 4.39 Å². The smallest absolute Gasteiger partial charge is 0.346 e. The fourth-order valence-electron chi connectivity index (χ4n) is 3.52. The molecule has 46 heavy (non-hydrogen) atoms. The Morgan fingerprint density at radius 2 is 1.13 bits per heavy atom. The highest BCUT2D eigenvalue weighted by atomic mass is 19.1. The summed E-state index contributed by atoms with van der Waals surface area (Å²) >= 11 is 0. The lowest BCUT2D eigenvalue weighted by Gasteiger charge is -2.12. The predicted octanol–water partition coefficient (Wildman–Crippen LogP) is 3.58. The van der Waals surface area contributed by atoms with Gasteiger partial charge in [0.25, 0.3) is 0 Å². The molecule has 0 saturated carbocycles. The molecule has 0 amide bonds. The molecule has 0 saturated heterocycles. The van der Waals surface area contributed by atoms with Gasteiger partial charge in [0, 0.05) is 31.4 Å². The van der Waals surface area contributed by atoms with Crippen LogP contribution < -0.4 is 14.2 Å². The molecule has 0 fully saturated rings. The fraction of sp³-hybridized carbons (Fsp3) is 0.424. The molecule has 2 aromatic carbocycles. The van der Waals surface area contributed by atoms with Gasteiger partial charge in [-0.15, -0.1) is 0 Å². The van der Waals surface area contributed by atoms with Gasteiger partial charge in [-0.05, 0) is 62.1 Å². The summed E-state index contributed by atoms with van der Waals surface area (Å²) in [5.41, 5.74) is -0.245. The molecule has 12 nitrogen and oxygen atoms in total. The number of ether oxygens (including phenoxy) is 7. The van der Waals surface area contributed by atoms with Crippen LogP contribution in [-0.2, 0) is 28.5 Å². The van der Waals surface area contributed by atoms with Crippen molar-refractivity contribution in [3.63, 3.8) is 0 Å². The number of carbonyl (C=O) groups excluding carboxylic acids is 3. The van der Waals surface area contributed by atoms with E-state index >= 15 is 0 Å². The zero-order valence-electron chi connectivity index (χ0n) is 25.6. The van der Waals surface area contributed by atoms with Crippen molar-refractivity contribution in [2.24, 2.45) is 0 Å². The van der Waals surface area contributed by atoms with Gasteiger partial charge < -0.3 is 43.4 Å². The average molecular weight is 649 g/mol. The molecule has 2 aromatic rings. The lowest BCUT2D eigenvalue weighted by molar-refractivity contribution is -0.142. The Morgan fingerprint density at radius 3 is 1.63 bits per heavy atom. The minimum Gasteiger partial charge on any atom is -0.494 e. The number of rotatable bonds is 24. The second-order valence-electron chi connectivity index (χ2n) is 9.74. The molecule has 0 heterocycles. The summed E-state index contributed by atoms with van der Waals surface area (Å²) in [5.74, 6) is -1.84. The maximum absolute atomic E-state index is 14.6. The number of hydrogen-bond acceptors (Lipinski definition) is 12. The molecule has 0 radical (unpaired) electrons. The summed E-state index contributed by atoms with van der Waals surface area (Å²) in [5, 5.41) is 19.3. The van der Waals surface area contributed by atoms with Gasteiger partial charge >= 0.3 is 17.9 Å². The number of esters is 3. The molecular formula is C33H41FO12. The number of aliphatic hydroxyl groups is 2. The molecule has 0 spiro atoms. The molecule has 2 N–H and O–H groups in total. The summed E-state index contributed by atoms with van der Waals surface area (Å²) in [6.45, 7) is 7.69. The second kappa shape index (κ2) is 22.2. The molecule has 0 bridgehead atoms. The highest BCUT2D eigenvalue weighted by Gasteiger charge is 2.16. The van der Waals surface area contributed by atoms with Crippen molar-refractivity contribution in [2.45, 2.75) is 37.9 Å². The second-order valence-corrected chi connectivity index (χ2v) is 9.74. The van der Waals surface area contributed by atoms with Crippen molar-refractivity contribution in [3.05, 3.63) is 79.2 Å². The summed E-state index contributed by atoms with van der Waals surface area (Å²) in [7, 11) is 0. The van der Waals surface area contributed by atoms with Gasteiger partial charge in [-0.25, -0.2) is 18.8 Å². The molecule has 2 rings (SSSR count). The number of aliphatic hydroxyl groups excluding tert-OH is 2. The first-order valence-electron chi connectivity index (χ1n) is 14.7. The van der Waals surface area contributed by atoms with Crippen LogP contribution in [0.2, 0.25) is 0 Å². The maximum Gasteiger partial charge on any atom is 0.346 e. The van der Waals surface area contributed by atoms with Crippen molar-refractivity contribution in [1.82, 2.24) is 0 Å². The van der Waals surface area contributed by atoms with Crippen LogP contribution in [0.3, 0.4) is 0 Å². The van der Waals surface area contributed by atoms with Gasteiger partial charge in [0.15, 0.2) is 0 Å². The maximum atomic E-state index is 14.6. The minimum absolute atomic E-state index is 0.0118. The van der Waals surface area contributed by atoms with Crippen LogP contribution >= 0.6 is 0 Å². The number of carbonyl (C=O) groups is 3. The number of benzene rings is 2. The third-order valence-electron chi connectivity index (χ3n) is 5.89. The van der Waals surface area contributed by atoms with E-state index < -0.39 is 35.9 Å². The van der Waals surface area contributed by atoms with Crippen molar-refractivity contribution in [1.29, 1.82) is 0 Å². The highest BCUT2D eigenvalue weighted by molar-refractivity contribution is 5.91. The Morgan fingerprint density at radius 1 is 0.674 bits per heavy atom. The van der Waals surface area contributed by atoms with Gasteiger partial charge in [0.2, 0.25) is 0 Å². The lowest BCUT2D eigenvalue weighted by atomic mass is 10.2. The number of hydrogen-bond donors (Lipinski definition) is 2. The molecule has 252 valence electrons. The van der Waals surface area contributed by atoms with E-state index in [0.717, 1.165) is 18.2 Å². The summed E-state index contributed by atoms with van der Waals surface area (Å²) in [6.07, 6.45) is 2.77. The zero-order chi connectivity index (χ0) is 33.6. The van der Waals surface area contributed by atoms with Gasteiger partial charge in [-0.2, -0.15) is 0 Å². The Hall–Kier alpha value is -4.30. The van der Waals surface area contributed by atoms with E-state index in [2.05, 4.69) is 13.2 Å². The zero-order valence-corrected chi connectivity index (χ0v) is 25.6. The van der Waals surface area contributed by atoms with Crippen LogP contribution in [0.5, 0.6) is 17.2 Å². The van der Waals surface area contributed by atoms with Gasteiger partial charge in [0.05, 0.1) is 32.0 Å². The average Bonchev–Trinajstić information content (AvgIpc) is 3.05. The van der Waals surface area contributed by atoms with Crippen molar-refractivity contribution >= 4 is 17.9 Å². The SMILES string of the molecule is C=CC(=O)OCC(O)COCCCCOc1ccc(OC(=O)c2ccc(OCCCCOCC(O)COC(=O)C=C)cc2F)cc1. The molecule has 13 heteroatoms. The minimum atomic E-state index is -0.936. The molecule has 2 unspecified atom stereocenters. The number of unbranched alkanes of at least 4 members (excludes halogenated alkanes) is 2. The third kappa shape index (κ3) is 16.1. The largest absolute Gasteiger partial charge is 0.494 e. The number of halogens is 1. The van der Waals surface area contributed by atoms with Crippen molar-refractivity contribution < 1.29 is 62.1 Å². The summed E-state index contributed by atoms with van der Waals surface area (Å²) in [4.78, 5) is 34.4. The van der Waals surface area contributed by atoms with Crippen molar-refractivity contribution in [3.8, 4) is 17.2 Å². The van der Waals surface area contributed by atoms with E-state index in [1.165, 1.54) is 24.3 Å². The van der Waals surface area contributed by atoms with Gasteiger partial charge in [-0.3, -0.25) is 0 Å². The van der Waals surface area contributed by atoms with E-state index in [4.69, 9.17) is 33.2 Å². The molecule has 0 aliphatic carbocycles.